The van der Waals surface area contributed by atoms with Crippen molar-refractivity contribution in [3.05, 3.63) is 16.0 Å². The third kappa shape index (κ3) is 2.85. The first-order valence-electron chi connectivity index (χ1n) is 9.31. The first-order chi connectivity index (χ1) is 11.1. The monoisotopic (exact) mass is 332 g/mol. The number of thiophene rings is 1. The second kappa shape index (κ2) is 6.21. The predicted octanol–water partition coefficient (Wildman–Crippen LogP) is 4.03. The molecule has 3 nitrogen and oxygen atoms in total. The van der Waals surface area contributed by atoms with Gasteiger partial charge < -0.3 is 11.1 Å². The molecule has 0 aromatic carbocycles. The van der Waals surface area contributed by atoms with Gasteiger partial charge in [-0.05, 0) is 81.3 Å². The Morgan fingerprint density at radius 2 is 1.83 bits per heavy atom. The normalized spacial score (nSPS) is 33.1. The van der Waals surface area contributed by atoms with Crippen LogP contribution in [-0.4, -0.2) is 11.9 Å². The lowest BCUT2D eigenvalue weighted by Crippen LogP contribution is -2.48. The lowest BCUT2D eigenvalue weighted by molar-refractivity contribution is -0.122. The molecule has 3 aliphatic carbocycles. The summed E-state index contributed by atoms with van der Waals surface area (Å²) in [4.78, 5) is 14.3. The molecule has 2 fully saturated rings. The smallest absolute Gasteiger partial charge is 0.228 e. The molecule has 0 aliphatic heterocycles. The zero-order valence-corrected chi connectivity index (χ0v) is 14.9. The highest BCUT2D eigenvalue weighted by Crippen LogP contribution is 2.43. The summed E-state index contributed by atoms with van der Waals surface area (Å²) in [6.07, 6.45) is 10.7. The van der Waals surface area contributed by atoms with Crippen molar-refractivity contribution in [2.45, 2.75) is 70.8 Å². The molecule has 23 heavy (non-hydrogen) atoms. The molecule has 2 saturated carbocycles. The second-order valence-electron chi connectivity index (χ2n) is 7.85. The number of anilines is 1. The summed E-state index contributed by atoms with van der Waals surface area (Å²) >= 11 is 1.82. The highest BCUT2D eigenvalue weighted by molar-refractivity contribution is 7.16. The molecular formula is C19H28N2OS. The molecule has 4 heteroatoms. The van der Waals surface area contributed by atoms with Gasteiger partial charge in [0.1, 0.15) is 0 Å². The Labute approximate surface area is 143 Å². The minimum absolute atomic E-state index is 0.170. The van der Waals surface area contributed by atoms with Gasteiger partial charge in [0.2, 0.25) is 5.91 Å². The lowest BCUT2D eigenvalue weighted by Gasteiger charge is -2.43. The largest absolute Gasteiger partial charge is 0.327 e. The van der Waals surface area contributed by atoms with Crippen LogP contribution < -0.4 is 11.1 Å². The van der Waals surface area contributed by atoms with E-state index in [0.29, 0.717) is 17.9 Å². The van der Waals surface area contributed by atoms with Crippen molar-refractivity contribution in [1.29, 1.82) is 0 Å². The van der Waals surface area contributed by atoms with Gasteiger partial charge in [0.15, 0.2) is 0 Å². The summed E-state index contributed by atoms with van der Waals surface area (Å²) in [7, 11) is 0. The Morgan fingerprint density at radius 3 is 2.52 bits per heavy atom. The molecule has 1 amide bonds. The van der Waals surface area contributed by atoms with Crippen LogP contribution in [0.1, 0.15) is 60.9 Å². The number of nitrogens with two attached hydrogens (primary N) is 1. The van der Waals surface area contributed by atoms with E-state index < -0.39 is 0 Å². The van der Waals surface area contributed by atoms with Gasteiger partial charge in [-0.25, -0.2) is 0 Å². The first-order valence-corrected chi connectivity index (χ1v) is 10.1. The summed E-state index contributed by atoms with van der Waals surface area (Å²) in [6, 6.07) is 0.337. The van der Waals surface area contributed by atoms with Gasteiger partial charge >= 0.3 is 0 Å². The third-order valence-corrected chi connectivity index (χ3v) is 7.77. The van der Waals surface area contributed by atoms with Gasteiger partial charge in [-0.3, -0.25) is 4.79 Å². The standard InChI is InChI=1S/C19H28N2OS/c1-11-15-7-2-3-8-16(15)23-19(11)21-18(22)14-9-12-5-4-6-13(10-14)17(12)20/h12-14,17H,2-10,20H2,1H3,(H,21,22). The fraction of sp³-hybridized carbons (Fsp3) is 0.737. The molecule has 3 N–H and O–H groups in total. The van der Waals surface area contributed by atoms with Crippen molar-refractivity contribution >= 4 is 22.2 Å². The maximum Gasteiger partial charge on any atom is 0.228 e. The summed E-state index contributed by atoms with van der Waals surface area (Å²) in [5.74, 6) is 1.55. The summed E-state index contributed by atoms with van der Waals surface area (Å²) in [5, 5.41) is 4.39. The average Bonchev–Trinajstić information content (AvgIpc) is 2.83. The van der Waals surface area contributed by atoms with Crippen molar-refractivity contribution in [3.63, 3.8) is 0 Å². The van der Waals surface area contributed by atoms with Crippen LogP contribution in [0.15, 0.2) is 0 Å². The van der Waals surface area contributed by atoms with Gasteiger partial charge in [0, 0.05) is 16.8 Å². The Hall–Kier alpha value is -0.870. The molecule has 0 saturated heterocycles. The highest BCUT2D eigenvalue weighted by atomic mass is 32.1. The number of carbonyl (C=O) groups excluding carboxylic acids is 1. The minimum atomic E-state index is 0.170. The maximum absolute atomic E-state index is 12.8. The molecule has 126 valence electrons. The van der Waals surface area contributed by atoms with Gasteiger partial charge in [-0.15, -0.1) is 11.3 Å². The molecule has 2 unspecified atom stereocenters. The molecule has 2 bridgehead atoms. The van der Waals surface area contributed by atoms with Crippen molar-refractivity contribution in [3.8, 4) is 0 Å². The molecule has 2 atom stereocenters. The van der Waals surface area contributed by atoms with E-state index in [-0.39, 0.29) is 11.8 Å². The zero-order valence-electron chi connectivity index (χ0n) is 14.1. The van der Waals surface area contributed by atoms with Crippen LogP contribution >= 0.6 is 11.3 Å². The van der Waals surface area contributed by atoms with Gasteiger partial charge in [0.05, 0.1) is 5.00 Å². The van der Waals surface area contributed by atoms with Crippen LogP contribution in [0, 0.1) is 24.7 Å². The average molecular weight is 333 g/mol. The quantitative estimate of drug-likeness (QED) is 0.859. The Bertz CT molecular complexity index is 595. The molecular weight excluding hydrogens is 304 g/mol. The van der Waals surface area contributed by atoms with E-state index in [0.717, 1.165) is 17.8 Å². The Kier molecular flexibility index (Phi) is 4.22. The molecule has 4 rings (SSSR count). The second-order valence-corrected chi connectivity index (χ2v) is 8.96. The van der Waals surface area contributed by atoms with Crippen molar-refractivity contribution in [2.75, 3.05) is 5.32 Å². The number of carbonyl (C=O) groups is 1. The fourth-order valence-corrected chi connectivity index (χ4v) is 6.36. The van der Waals surface area contributed by atoms with Crippen LogP contribution in [-0.2, 0) is 17.6 Å². The van der Waals surface area contributed by atoms with E-state index >= 15 is 0 Å². The third-order valence-electron chi connectivity index (χ3n) is 6.46. The first kappa shape index (κ1) is 15.6. The number of hydrogen-bond donors (Lipinski definition) is 2. The molecule has 0 spiro atoms. The highest BCUT2D eigenvalue weighted by Gasteiger charge is 2.40. The summed E-state index contributed by atoms with van der Waals surface area (Å²) in [5.41, 5.74) is 9.20. The van der Waals surface area contributed by atoms with Gasteiger partial charge in [-0.1, -0.05) is 6.42 Å². The maximum atomic E-state index is 12.8. The topological polar surface area (TPSA) is 55.1 Å². The van der Waals surface area contributed by atoms with E-state index in [4.69, 9.17) is 5.73 Å². The van der Waals surface area contributed by atoms with Crippen LogP contribution in [0.25, 0.3) is 0 Å². The van der Waals surface area contributed by atoms with Crippen LogP contribution in [0.2, 0.25) is 0 Å². The number of nitrogens with one attached hydrogen (secondary N) is 1. The van der Waals surface area contributed by atoms with E-state index in [9.17, 15) is 4.79 Å². The van der Waals surface area contributed by atoms with Crippen LogP contribution in [0.3, 0.4) is 0 Å². The number of rotatable bonds is 2. The molecule has 3 aliphatic rings. The summed E-state index contributed by atoms with van der Waals surface area (Å²) in [6.45, 7) is 2.18. The predicted molar refractivity (Wildman–Crippen MR) is 95.9 cm³/mol. The summed E-state index contributed by atoms with van der Waals surface area (Å²) < 4.78 is 0. The van der Waals surface area contributed by atoms with E-state index in [2.05, 4.69) is 12.2 Å². The number of hydrogen-bond acceptors (Lipinski definition) is 3. The molecule has 1 aromatic heterocycles. The van der Waals surface area contributed by atoms with Crippen molar-refractivity contribution in [1.82, 2.24) is 0 Å². The zero-order chi connectivity index (χ0) is 16.0. The number of amides is 1. The number of aryl methyl sites for hydroxylation is 1. The molecule has 1 aromatic rings. The number of fused-ring (bicyclic) bond motifs is 3. The van der Waals surface area contributed by atoms with Crippen molar-refractivity contribution in [2.24, 2.45) is 23.5 Å². The molecule has 0 radical (unpaired) electrons. The lowest BCUT2D eigenvalue weighted by atomic mass is 9.65. The SMILES string of the molecule is Cc1c(NC(=O)C2CC3CCCC(C2)C3N)sc2c1CCCC2. The van der Waals surface area contributed by atoms with Gasteiger partial charge in [0.25, 0.3) is 0 Å². The van der Waals surface area contributed by atoms with Crippen molar-refractivity contribution < 1.29 is 4.79 Å². The Balaban J connectivity index is 1.47. The minimum Gasteiger partial charge on any atom is -0.327 e. The van der Waals surface area contributed by atoms with Crippen LogP contribution in [0.5, 0.6) is 0 Å². The Morgan fingerprint density at radius 1 is 1.13 bits per heavy atom. The van der Waals surface area contributed by atoms with E-state index in [1.807, 2.05) is 11.3 Å². The molecule has 1 heterocycles. The van der Waals surface area contributed by atoms with E-state index in [1.165, 1.54) is 60.9 Å². The van der Waals surface area contributed by atoms with E-state index in [1.54, 1.807) is 0 Å². The fourth-order valence-electron chi connectivity index (χ4n) is 5.06. The van der Waals surface area contributed by atoms with Crippen LogP contribution in [0.4, 0.5) is 5.00 Å². The van der Waals surface area contributed by atoms with Gasteiger partial charge in [-0.2, -0.15) is 0 Å².